The molecule has 6 nitrogen and oxygen atoms in total. The Morgan fingerprint density at radius 3 is 2.68 bits per heavy atom. The second kappa shape index (κ2) is 14.2. The number of benzene rings is 1. The van der Waals surface area contributed by atoms with Gasteiger partial charge in [0, 0.05) is 39.0 Å². The number of ether oxygens (including phenoxy) is 1. The lowest BCUT2D eigenvalue weighted by Gasteiger charge is -2.17. The van der Waals surface area contributed by atoms with Crippen LogP contribution in [-0.4, -0.2) is 43.7 Å². The first kappa shape index (κ1) is 25.4. The summed E-state index contributed by atoms with van der Waals surface area (Å²) >= 11 is 0. The van der Waals surface area contributed by atoms with Crippen LogP contribution in [0.2, 0.25) is 0 Å². The summed E-state index contributed by atoms with van der Waals surface area (Å²) in [7, 11) is 0. The predicted octanol–water partition coefficient (Wildman–Crippen LogP) is 4.52. The Bertz CT molecular complexity index is 781. The molecule has 1 aliphatic heterocycles. The van der Waals surface area contributed by atoms with Crippen molar-refractivity contribution < 1.29 is 4.74 Å². The first-order valence-electron chi connectivity index (χ1n) is 11.1. The van der Waals surface area contributed by atoms with Gasteiger partial charge in [-0.15, -0.1) is 24.0 Å². The van der Waals surface area contributed by atoms with Gasteiger partial charge < -0.3 is 20.3 Å². The number of nitrogens with one attached hydrogen (secondary N) is 2. The van der Waals surface area contributed by atoms with Crippen molar-refractivity contribution in [1.82, 2.24) is 15.6 Å². The summed E-state index contributed by atoms with van der Waals surface area (Å²) in [6.07, 6.45) is 5.45. The van der Waals surface area contributed by atoms with E-state index in [-0.39, 0.29) is 30.1 Å². The second-order valence-electron chi connectivity index (χ2n) is 7.62. The molecule has 0 bridgehead atoms. The lowest BCUT2D eigenvalue weighted by Crippen LogP contribution is -2.38. The quantitative estimate of drug-likeness (QED) is 0.202. The van der Waals surface area contributed by atoms with E-state index in [2.05, 4.69) is 52.6 Å². The largest absolute Gasteiger partial charge is 0.374 e. The standard InChI is InChI=1S/C24H35N5O.HI/c1-3-25-24(27-13-9-17-30-20(2)22-10-5-4-6-11-22)28-19-21-12-14-26-23(18-21)29-15-7-8-16-29;/h4-6,10-12,14,18,20H,3,7-9,13,15-17,19H2,1-2H3,(H2,25,27,28);1H. The average Bonchev–Trinajstić information content (AvgIpc) is 3.33. The topological polar surface area (TPSA) is 61.8 Å². The summed E-state index contributed by atoms with van der Waals surface area (Å²) in [5.74, 6) is 1.91. The van der Waals surface area contributed by atoms with Crippen molar-refractivity contribution in [3.63, 3.8) is 0 Å². The van der Waals surface area contributed by atoms with E-state index >= 15 is 0 Å². The van der Waals surface area contributed by atoms with Gasteiger partial charge in [-0.1, -0.05) is 30.3 Å². The molecule has 1 unspecified atom stereocenters. The zero-order chi connectivity index (χ0) is 21.0. The molecule has 1 fully saturated rings. The first-order valence-corrected chi connectivity index (χ1v) is 11.1. The van der Waals surface area contributed by atoms with E-state index in [9.17, 15) is 0 Å². The van der Waals surface area contributed by atoms with Gasteiger partial charge in [0.1, 0.15) is 5.82 Å². The van der Waals surface area contributed by atoms with Crippen molar-refractivity contribution in [2.24, 2.45) is 4.99 Å². The minimum Gasteiger partial charge on any atom is -0.374 e. The molecule has 0 amide bonds. The van der Waals surface area contributed by atoms with E-state index in [1.54, 1.807) is 0 Å². The molecule has 1 aliphatic rings. The van der Waals surface area contributed by atoms with Gasteiger partial charge in [0.15, 0.2) is 5.96 Å². The van der Waals surface area contributed by atoms with Crippen LogP contribution < -0.4 is 15.5 Å². The highest BCUT2D eigenvalue weighted by Gasteiger charge is 2.13. The lowest BCUT2D eigenvalue weighted by molar-refractivity contribution is 0.0646. The highest BCUT2D eigenvalue weighted by atomic mass is 127. The molecule has 1 aromatic carbocycles. The Morgan fingerprint density at radius 2 is 1.94 bits per heavy atom. The Balaban J connectivity index is 0.00000341. The zero-order valence-electron chi connectivity index (χ0n) is 18.7. The minimum absolute atomic E-state index is 0. The summed E-state index contributed by atoms with van der Waals surface area (Å²) < 4.78 is 5.95. The van der Waals surface area contributed by atoms with Crippen LogP contribution in [0.15, 0.2) is 53.7 Å². The van der Waals surface area contributed by atoms with Crippen LogP contribution in [0.5, 0.6) is 0 Å². The molecule has 0 aliphatic carbocycles. The van der Waals surface area contributed by atoms with Crippen molar-refractivity contribution >= 4 is 35.8 Å². The molecule has 0 radical (unpaired) electrons. The third kappa shape index (κ3) is 8.65. The summed E-state index contributed by atoms with van der Waals surface area (Å²) in [6, 6.07) is 14.5. The molecule has 3 rings (SSSR count). The number of pyridine rings is 1. The number of halogens is 1. The minimum atomic E-state index is 0. The van der Waals surface area contributed by atoms with Crippen LogP contribution in [0.25, 0.3) is 0 Å². The fourth-order valence-electron chi connectivity index (χ4n) is 3.55. The molecule has 31 heavy (non-hydrogen) atoms. The van der Waals surface area contributed by atoms with Crippen molar-refractivity contribution in [2.45, 2.75) is 45.8 Å². The van der Waals surface area contributed by atoms with Gasteiger partial charge in [-0.2, -0.15) is 0 Å². The Hall–Kier alpha value is -1.87. The molecule has 1 atom stereocenters. The molecule has 2 N–H and O–H groups in total. The molecular formula is C24H36IN5O. The normalized spacial score (nSPS) is 14.8. The van der Waals surface area contributed by atoms with Gasteiger partial charge in [-0.3, -0.25) is 0 Å². The molecule has 7 heteroatoms. The number of aromatic nitrogens is 1. The summed E-state index contributed by atoms with van der Waals surface area (Å²) in [6.45, 7) is 9.40. The number of hydrogen-bond acceptors (Lipinski definition) is 4. The fraction of sp³-hybridized carbons (Fsp3) is 0.500. The second-order valence-corrected chi connectivity index (χ2v) is 7.62. The maximum atomic E-state index is 5.95. The van der Waals surface area contributed by atoms with Gasteiger partial charge in [0.25, 0.3) is 0 Å². The lowest BCUT2D eigenvalue weighted by atomic mass is 10.1. The smallest absolute Gasteiger partial charge is 0.191 e. The first-order chi connectivity index (χ1) is 14.8. The van der Waals surface area contributed by atoms with E-state index in [1.807, 2.05) is 30.5 Å². The molecule has 1 aromatic heterocycles. The Morgan fingerprint density at radius 1 is 1.16 bits per heavy atom. The van der Waals surface area contributed by atoms with Gasteiger partial charge >= 0.3 is 0 Å². The fourth-order valence-corrected chi connectivity index (χ4v) is 3.55. The highest BCUT2D eigenvalue weighted by Crippen LogP contribution is 2.19. The molecule has 1 saturated heterocycles. The molecule has 0 saturated carbocycles. The average molecular weight is 537 g/mol. The molecule has 0 spiro atoms. The predicted molar refractivity (Wildman–Crippen MR) is 139 cm³/mol. The third-order valence-corrected chi connectivity index (χ3v) is 5.25. The molecular weight excluding hydrogens is 501 g/mol. The van der Waals surface area contributed by atoms with Gasteiger partial charge in [0.05, 0.1) is 12.6 Å². The van der Waals surface area contributed by atoms with Crippen LogP contribution in [0.1, 0.15) is 50.3 Å². The van der Waals surface area contributed by atoms with Crippen LogP contribution in [-0.2, 0) is 11.3 Å². The van der Waals surface area contributed by atoms with E-state index < -0.39 is 0 Å². The third-order valence-electron chi connectivity index (χ3n) is 5.25. The molecule has 170 valence electrons. The monoisotopic (exact) mass is 537 g/mol. The van der Waals surface area contributed by atoms with Crippen molar-refractivity contribution in [3.05, 3.63) is 59.8 Å². The Labute approximate surface area is 203 Å². The highest BCUT2D eigenvalue weighted by molar-refractivity contribution is 14.0. The number of anilines is 1. The van der Waals surface area contributed by atoms with E-state index in [4.69, 9.17) is 9.73 Å². The zero-order valence-corrected chi connectivity index (χ0v) is 21.0. The number of guanidine groups is 1. The van der Waals surface area contributed by atoms with Gasteiger partial charge in [-0.25, -0.2) is 9.98 Å². The van der Waals surface area contributed by atoms with E-state index in [1.165, 1.54) is 24.0 Å². The number of rotatable bonds is 10. The van der Waals surface area contributed by atoms with Crippen LogP contribution in [0, 0.1) is 0 Å². The summed E-state index contributed by atoms with van der Waals surface area (Å²) in [5.41, 5.74) is 2.40. The number of nitrogens with zero attached hydrogens (tertiary/aromatic N) is 3. The van der Waals surface area contributed by atoms with E-state index in [0.29, 0.717) is 13.2 Å². The van der Waals surface area contributed by atoms with Crippen molar-refractivity contribution in [1.29, 1.82) is 0 Å². The Kier molecular flexibility index (Phi) is 11.7. The number of aliphatic imine (C=N–C) groups is 1. The maximum Gasteiger partial charge on any atom is 0.191 e. The van der Waals surface area contributed by atoms with Crippen molar-refractivity contribution in [3.8, 4) is 0 Å². The number of hydrogen-bond donors (Lipinski definition) is 2. The van der Waals surface area contributed by atoms with E-state index in [0.717, 1.165) is 44.4 Å². The van der Waals surface area contributed by atoms with Crippen LogP contribution in [0.3, 0.4) is 0 Å². The summed E-state index contributed by atoms with van der Waals surface area (Å²) in [5, 5.41) is 6.73. The van der Waals surface area contributed by atoms with Gasteiger partial charge in [0.2, 0.25) is 0 Å². The van der Waals surface area contributed by atoms with Crippen LogP contribution >= 0.6 is 24.0 Å². The van der Waals surface area contributed by atoms with Gasteiger partial charge in [-0.05, 0) is 56.4 Å². The van der Waals surface area contributed by atoms with Crippen molar-refractivity contribution in [2.75, 3.05) is 37.7 Å². The summed E-state index contributed by atoms with van der Waals surface area (Å²) in [4.78, 5) is 11.6. The molecule has 2 heterocycles. The van der Waals surface area contributed by atoms with Crippen LogP contribution in [0.4, 0.5) is 5.82 Å². The SMILES string of the molecule is CCNC(=NCc1ccnc(N2CCCC2)c1)NCCCOC(C)c1ccccc1.I. The molecule has 2 aromatic rings. The maximum absolute atomic E-state index is 5.95.